The highest BCUT2D eigenvalue weighted by Crippen LogP contribution is 2.21. The van der Waals surface area contributed by atoms with Gasteiger partial charge in [-0.3, -0.25) is 4.79 Å². The zero-order valence-electron chi connectivity index (χ0n) is 14.2. The van der Waals surface area contributed by atoms with Gasteiger partial charge in [-0.1, -0.05) is 12.1 Å². The molecule has 3 rings (SSSR count). The zero-order valence-corrected chi connectivity index (χ0v) is 14.2. The topological polar surface area (TPSA) is 67.3 Å². The summed E-state index contributed by atoms with van der Waals surface area (Å²) in [6, 6.07) is 7.69. The lowest BCUT2D eigenvalue weighted by molar-refractivity contribution is 0.0942. The molecule has 0 spiro atoms. The first-order chi connectivity index (χ1) is 12.1. The molecular formula is C18H21FN4O2. The Morgan fingerprint density at radius 2 is 2.04 bits per heavy atom. The van der Waals surface area contributed by atoms with Crippen LogP contribution >= 0.6 is 0 Å². The third-order valence-corrected chi connectivity index (χ3v) is 3.99. The van der Waals surface area contributed by atoms with Crippen LogP contribution in [0.5, 0.6) is 5.88 Å². The minimum absolute atomic E-state index is 0.0247. The van der Waals surface area contributed by atoms with Crippen LogP contribution in [0, 0.1) is 12.7 Å². The highest BCUT2D eigenvalue weighted by molar-refractivity contribution is 5.94. The van der Waals surface area contributed by atoms with Crippen LogP contribution in [0.4, 0.5) is 10.2 Å². The molecule has 25 heavy (non-hydrogen) atoms. The monoisotopic (exact) mass is 344 g/mol. The summed E-state index contributed by atoms with van der Waals surface area (Å²) in [5, 5.41) is 2.64. The van der Waals surface area contributed by atoms with E-state index in [-0.39, 0.29) is 18.7 Å². The molecule has 0 radical (unpaired) electrons. The fourth-order valence-corrected chi connectivity index (χ4v) is 2.77. The van der Waals surface area contributed by atoms with Gasteiger partial charge in [0.2, 0.25) is 5.88 Å². The second kappa shape index (κ2) is 7.92. The van der Waals surface area contributed by atoms with Crippen LogP contribution in [0.25, 0.3) is 0 Å². The van der Waals surface area contributed by atoms with E-state index in [9.17, 15) is 9.18 Å². The molecule has 0 atom stereocenters. The summed E-state index contributed by atoms with van der Waals surface area (Å²) in [4.78, 5) is 22.8. The molecule has 0 saturated carbocycles. The van der Waals surface area contributed by atoms with E-state index in [1.54, 1.807) is 12.1 Å². The van der Waals surface area contributed by atoms with Gasteiger partial charge in [0.1, 0.15) is 24.1 Å². The smallest absolute Gasteiger partial charge is 0.254 e. The number of ether oxygens (including phenoxy) is 1. The van der Waals surface area contributed by atoms with Crippen molar-refractivity contribution in [3.05, 3.63) is 47.5 Å². The molecule has 1 aromatic heterocycles. The first-order valence-corrected chi connectivity index (χ1v) is 8.39. The standard InChI is InChI=1S/C18H21FN4O2/c1-13-21-16(23-9-4-5-10-23)12-17(22-13)25-11-8-20-18(24)14-6-2-3-7-15(14)19/h2-3,6-7,12H,4-5,8-11H2,1H3,(H,20,24). The predicted octanol–water partition coefficient (Wildman–Crippen LogP) is 2.33. The predicted molar refractivity (Wildman–Crippen MR) is 92.4 cm³/mol. The second-order valence-corrected chi connectivity index (χ2v) is 5.89. The molecule has 2 aromatic rings. The second-order valence-electron chi connectivity index (χ2n) is 5.89. The number of carbonyl (C=O) groups is 1. The highest BCUT2D eigenvalue weighted by Gasteiger charge is 2.15. The van der Waals surface area contributed by atoms with Crippen LogP contribution in [0.3, 0.4) is 0 Å². The molecule has 1 amide bonds. The van der Waals surface area contributed by atoms with Crippen molar-refractivity contribution in [3.8, 4) is 5.88 Å². The fourth-order valence-electron chi connectivity index (χ4n) is 2.77. The summed E-state index contributed by atoms with van der Waals surface area (Å²) in [7, 11) is 0. The number of hydrogen-bond acceptors (Lipinski definition) is 5. The largest absolute Gasteiger partial charge is 0.476 e. The lowest BCUT2D eigenvalue weighted by Gasteiger charge is -2.17. The Kier molecular flexibility index (Phi) is 5.42. The van der Waals surface area contributed by atoms with Gasteiger partial charge in [-0.15, -0.1) is 0 Å². The van der Waals surface area contributed by atoms with Gasteiger partial charge in [0.05, 0.1) is 12.1 Å². The Morgan fingerprint density at radius 3 is 2.80 bits per heavy atom. The van der Waals surface area contributed by atoms with Crippen LogP contribution in [-0.4, -0.2) is 42.1 Å². The number of anilines is 1. The number of rotatable bonds is 6. The number of carbonyl (C=O) groups excluding carboxylic acids is 1. The quantitative estimate of drug-likeness (QED) is 0.815. The van der Waals surface area contributed by atoms with Gasteiger partial charge in [0, 0.05) is 19.2 Å². The van der Waals surface area contributed by atoms with Gasteiger partial charge in [0.15, 0.2) is 0 Å². The van der Waals surface area contributed by atoms with Crippen molar-refractivity contribution in [2.75, 3.05) is 31.1 Å². The Labute approximate surface area is 146 Å². The van der Waals surface area contributed by atoms with E-state index in [4.69, 9.17) is 4.74 Å². The molecule has 0 aliphatic carbocycles. The third-order valence-electron chi connectivity index (χ3n) is 3.99. The molecule has 6 nitrogen and oxygen atoms in total. The molecule has 132 valence electrons. The number of aryl methyl sites for hydroxylation is 1. The van der Waals surface area contributed by atoms with Crippen molar-refractivity contribution in [1.29, 1.82) is 0 Å². The lowest BCUT2D eigenvalue weighted by atomic mass is 10.2. The van der Waals surface area contributed by atoms with Gasteiger partial charge < -0.3 is 15.0 Å². The van der Waals surface area contributed by atoms with Crippen molar-refractivity contribution in [2.45, 2.75) is 19.8 Å². The van der Waals surface area contributed by atoms with Crippen LogP contribution < -0.4 is 15.0 Å². The molecule has 0 bridgehead atoms. The number of nitrogens with one attached hydrogen (secondary N) is 1. The summed E-state index contributed by atoms with van der Waals surface area (Å²) in [5.41, 5.74) is 0.0247. The van der Waals surface area contributed by atoms with E-state index in [1.807, 2.05) is 13.0 Å². The van der Waals surface area contributed by atoms with Crippen molar-refractivity contribution in [2.24, 2.45) is 0 Å². The maximum Gasteiger partial charge on any atom is 0.254 e. The lowest BCUT2D eigenvalue weighted by Crippen LogP contribution is -2.29. The van der Waals surface area contributed by atoms with E-state index >= 15 is 0 Å². The summed E-state index contributed by atoms with van der Waals surface area (Å²) in [6.07, 6.45) is 2.34. The van der Waals surface area contributed by atoms with Gasteiger partial charge in [-0.2, -0.15) is 4.98 Å². The first kappa shape index (κ1) is 17.1. The minimum atomic E-state index is -0.539. The van der Waals surface area contributed by atoms with Gasteiger partial charge in [-0.05, 0) is 31.9 Å². The first-order valence-electron chi connectivity index (χ1n) is 8.39. The molecular weight excluding hydrogens is 323 g/mol. The molecule has 1 N–H and O–H groups in total. The van der Waals surface area contributed by atoms with Crippen molar-refractivity contribution < 1.29 is 13.9 Å². The van der Waals surface area contributed by atoms with E-state index in [2.05, 4.69) is 20.2 Å². The van der Waals surface area contributed by atoms with Crippen LogP contribution in [-0.2, 0) is 0 Å². The van der Waals surface area contributed by atoms with Crippen LogP contribution in [0.1, 0.15) is 29.0 Å². The zero-order chi connectivity index (χ0) is 17.6. The van der Waals surface area contributed by atoms with Crippen molar-refractivity contribution in [1.82, 2.24) is 15.3 Å². The molecule has 1 fully saturated rings. The summed E-state index contributed by atoms with van der Waals surface area (Å²) in [5.74, 6) is 1.00. The average Bonchev–Trinajstić information content (AvgIpc) is 3.13. The molecule has 1 aliphatic heterocycles. The molecule has 0 unspecified atom stereocenters. The van der Waals surface area contributed by atoms with Crippen molar-refractivity contribution in [3.63, 3.8) is 0 Å². The number of benzene rings is 1. The summed E-state index contributed by atoms with van der Waals surface area (Å²) in [6.45, 7) is 4.32. The summed E-state index contributed by atoms with van der Waals surface area (Å²) >= 11 is 0. The minimum Gasteiger partial charge on any atom is -0.476 e. The molecule has 1 saturated heterocycles. The number of halogens is 1. The normalized spacial score (nSPS) is 13.8. The molecule has 1 aliphatic rings. The molecule has 1 aromatic carbocycles. The third kappa shape index (κ3) is 4.43. The van der Waals surface area contributed by atoms with Crippen LogP contribution in [0.15, 0.2) is 30.3 Å². The van der Waals surface area contributed by atoms with Crippen LogP contribution in [0.2, 0.25) is 0 Å². The van der Waals surface area contributed by atoms with E-state index in [0.29, 0.717) is 11.7 Å². The Hall–Kier alpha value is -2.70. The molecule has 2 heterocycles. The summed E-state index contributed by atoms with van der Waals surface area (Å²) < 4.78 is 19.2. The maximum atomic E-state index is 13.5. The maximum absolute atomic E-state index is 13.5. The number of aromatic nitrogens is 2. The Morgan fingerprint density at radius 1 is 1.28 bits per heavy atom. The highest BCUT2D eigenvalue weighted by atomic mass is 19.1. The average molecular weight is 344 g/mol. The van der Waals surface area contributed by atoms with E-state index < -0.39 is 11.7 Å². The van der Waals surface area contributed by atoms with Gasteiger partial charge >= 0.3 is 0 Å². The number of hydrogen-bond donors (Lipinski definition) is 1. The van der Waals surface area contributed by atoms with E-state index in [1.165, 1.54) is 25.0 Å². The Balaban J connectivity index is 1.52. The van der Waals surface area contributed by atoms with E-state index in [0.717, 1.165) is 18.9 Å². The SMILES string of the molecule is Cc1nc(OCCNC(=O)c2ccccc2F)cc(N2CCCC2)n1. The number of amides is 1. The van der Waals surface area contributed by atoms with Gasteiger partial charge in [-0.25, -0.2) is 9.37 Å². The van der Waals surface area contributed by atoms with Crippen molar-refractivity contribution >= 4 is 11.7 Å². The van der Waals surface area contributed by atoms with Gasteiger partial charge in [0.25, 0.3) is 5.91 Å². The molecule has 7 heteroatoms. The number of nitrogens with zero attached hydrogens (tertiary/aromatic N) is 3. The fraction of sp³-hybridized carbons (Fsp3) is 0.389. The Bertz CT molecular complexity index is 748.